The molecule has 1 fully saturated rings. The highest BCUT2D eigenvalue weighted by Gasteiger charge is 2.21. The number of H-pyrrole nitrogens is 1. The lowest BCUT2D eigenvalue weighted by Crippen LogP contribution is -2.30. The Bertz CT molecular complexity index is 366. The van der Waals surface area contributed by atoms with Gasteiger partial charge in [0, 0.05) is 18.2 Å². The third-order valence-electron chi connectivity index (χ3n) is 3.58. The van der Waals surface area contributed by atoms with Gasteiger partial charge in [0.1, 0.15) is 0 Å². The lowest BCUT2D eigenvalue weighted by molar-refractivity contribution is -0.124. The number of aryl methyl sites for hydroxylation is 2. The first-order chi connectivity index (χ1) is 8.27. The van der Waals surface area contributed by atoms with Gasteiger partial charge in [0.2, 0.25) is 5.91 Å². The predicted molar refractivity (Wildman–Crippen MR) is 66.6 cm³/mol. The summed E-state index contributed by atoms with van der Waals surface area (Å²) < 4.78 is 0. The average Bonchev–Trinajstić information content (AvgIpc) is 2.96. The van der Waals surface area contributed by atoms with Crippen molar-refractivity contribution in [3.63, 3.8) is 0 Å². The molecule has 1 amide bonds. The van der Waals surface area contributed by atoms with E-state index >= 15 is 0 Å². The standard InChI is InChI=1S/C13H21N3O/c1-10-12(9-15-16-10)7-4-8-14-13(17)11-5-2-3-6-11/h9,11H,2-8H2,1H3,(H,14,17)(H,15,16). The van der Waals surface area contributed by atoms with Gasteiger partial charge in [-0.1, -0.05) is 12.8 Å². The Kier molecular flexibility index (Phi) is 4.18. The summed E-state index contributed by atoms with van der Waals surface area (Å²) in [5, 5.41) is 9.95. The summed E-state index contributed by atoms with van der Waals surface area (Å²) in [6.07, 6.45) is 8.41. The zero-order chi connectivity index (χ0) is 12.1. The molecule has 0 aromatic carbocycles. The lowest BCUT2D eigenvalue weighted by Gasteiger charge is -2.09. The van der Waals surface area contributed by atoms with Crippen molar-refractivity contribution in [3.05, 3.63) is 17.5 Å². The second kappa shape index (κ2) is 5.84. The number of rotatable bonds is 5. The third-order valence-corrected chi connectivity index (χ3v) is 3.58. The van der Waals surface area contributed by atoms with Crippen LogP contribution in [0, 0.1) is 12.8 Å². The molecule has 0 atom stereocenters. The van der Waals surface area contributed by atoms with E-state index in [1.807, 2.05) is 13.1 Å². The van der Waals surface area contributed by atoms with Gasteiger partial charge in [-0.05, 0) is 38.2 Å². The Balaban J connectivity index is 1.63. The van der Waals surface area contributed by atoms with E-state index in [9.17, 15) is 4.79 Å². The highest BCUT2D eigenvalue weighted by molar-refractivity contribution is 5.78. The van der Waals surface area contributed by atoms with Crippen LogP contribution in [-0.4, -0.2) is 22.6 Å². The molecule has 2 N–H and O–H groups in total. The summed E-state index contributed by atoms with van der Waals surface area (Å²) in [5.74, 6) is 0.539. The molecule has 1 aliphatic rings. The van der Waals surface area contributed by atoms with Gasteiger partial charge in [0.25, 0.3) is 0 Å². The number of hydrogen-bond donors (Lipinski definition) is 2. The summed E-state index contributed by atoms with van der Waals surface area (Å²) in [4.78, 5) is 11.7. The molecule has 1 saturated carbocycles. The molecule has 0 unspecified atom stereocenters. The number of aromatic nitrogens is 2. The zero-order valence-electron chi connectivity index (χ0n) is 10.5. The minimum absolute atomic E-state index is 0.256. The van der Waals surface area contributed by atoms with Gasteiger partial charge < -0.3 is 5.32 Å². The van der Waals surface area contributed by atoms with Gasteiger partial charge in [-0.15, -0.1) is 0 Å². The van der Waals surface area contributed by atoms with Gasteiger partial charge in [-0.25, -0.2) is 0 Å². The van der Waals surface area contributed by atoms with Crippen LogP contribution in [0.25, 0.3) is 0 Å². The Morgan fingerprint density at radius 2 is 2.29 bits per heavy atom. The molecule has 0 spiro atoms. The maximum atomic E-state index is 11.7. The van der Waals surface area contributed by atoms with Crippen LogP contribution in [0.15, 0.2) is 6.20 Å². The van der Waals surface area contributed by atoms with E-state index in [2.05, 4.69) is 15.5 Å². The SMILES string of the molecule is Cc1[nH]ncc1CCCNC(=O)C1CCCC1. The van der Waals surface area contributed by atoms with Crippen molar-refractivity contribution < 1.29 is 4.79 Å². The largest absolute Gasteiger partial charge is 0.356 e. The number of nitrogens with one attached hydrogen (secondary N) is 2. The van der Waals surface area contributed by atoms with Crippen molar-refractivity contribution >= 4 is 5.91 Å². The fraction of sp³-hybridized carbons (Fsp3) is 0.692. The normalized spacial score (nSPS) is 16.3. The molecule has 0 saturated heterocycles. The molecule has 1 aromatic heterocycles. The van der Waals surface area contributed by atoms with Crippen molar-refractivity contribution in [3.8, 4) is 0 Å². The summed E-state index contributed by atoms with van der Waals surface area (Å²) >= 11 is 0. The fourth-order valence-corrected chi connectivity index (χ4v) is 2.45. The Hall–Kier alpha value is -1.32. The van der Waals surface area contributed by atoms with E-state index in [0.29, 0.717) is 0 Å². The first kappa shape index (κ1) is 12.1. The van der Waals surface area contributed by atoms with Gasteiger partial charge in [-0.3, -0.25) is 9.89 Å². The van der Waals surface area contributed by atoms with Crippen molar-refractivity contribution in [1.29, 1.82) is 0 Å². The van der Waals surface area contributed by atoms with Crippen LogP contribution in [0.5, 0.6) is 0 Å². The summed E-state index contributed by atoms with van der Waals surface area (Å²) in [7, 11) is 0. The van der Waals surface area contributed by atoms with E-state index in [0.717, 1.165) is 37.9 Å². The predicted octanol–water partition coefficient (Wildman–Crippen LogP) is 1.96. The molecule has 0 radical (unpaired) electrons. The van der Waals surface area contributed by atoms with E-state index in [4.69, 9.17) is 0 Å². The molecule has 0 bridgehead atoms. The quantitative estimate of drug-likeness (QED) is 0.766. The van der Waals surface area contributed by atoms with Crippen LogP contribution in [0.3, 0.4) is 0 Å². The lowest BCUT2D eigenvalue weighted by atomic mass is 10.1. The van der Waals surface area contributed by atoms with E-state index in [1.54, 1.807) is 0 Å². The van der Waals surface area contributed by atoms with Crippen molar-refractivity contribution in [2.75, 3.05) is 6.54 Å². The minimum Gasteiger partial charge on any atom is -0.356 e. The Morgan fingerprint density at radius 3 is 2.94 bits per heavy atom. The number of nitrogens with zero attached hydrogens (tertiary/aromatic N) is 1. The monoisotopic (exact) mass is 235 g/mol. The fourth-order valence-electron chi connectivity index (χ4n) is 2.45. The number of carbonyl (C=O) groups excluding carboxylic acids is 1. The summed E-state index contributed by atoms with van der Waals surface area (Å²) in [6, 6.07) is 0. The average molecular weight is 235 g/mol. The molecular weight excluding hydrogens is 214 g/mol. The molecule has 2 rings (SSSR count). The van der Waals surface area contributed by atoms with Gasteiger partial charge >= 0.3 is 0 Å². The van der Waals surface area contributed by atoms with E-state index < -0.39 is 0 Å². The highest BCUT2D eigenvalue weighted by Crippen LogP contribution is 2.24. The molecule has 17 heavy (non-hydrogen) atoms. The number of aromatic amines is 1. The van der Waals surface area contributed by atoms with Crippen LogP contribution in [0.2, 0.25) is 0 Å². The molecule has 4 nitrogen and oxygen atoms in total. The Labute approximate surface area is 102 Å². The number of hydrogen-bond acceptors (Lipinski definition) is 2. The third kappa shape index (κ3) is 3.32. The minimum atomic E-state index is 0.256. The topological polar surface area (TPSA) is 57.8 Å². The summed E-state index contributed by atoms with van der Waals surface area (Å²) in [5.41, 5.74) is 2.38. The molecule has 4 heteroatoms. The van der Waals surface area contributed by atoms with Crippen molar-refractivity contribution in [2.24, 2.45) is 5.92 Å². The first-order valence-corrected chi connectivity index (χ1v) is 6.54. The van der Waals surface area contributed by atoms with Gasteiger partial charge in [-0.2, -0.15) is 5.10 Å². The van der Waals surface area contributed by atoms with Crippen molar-refractivity contribution in [1.82, 2.24) is 15.5 Å². The maximum Gasteiger partial charge on any atom is 0.223 e. The summed E-state index contributed by atoms with van der Waals surface area (Å²) in [6.45, 7) is 2.80. The highest BCUT2D eigenvalue weighted by atomic mass is 16.1. The molecule has 1 aromatic rings. The van der Waals surface area contributed by atoms with E-state index in [1.165, 1.54) is 18.4 Å². The smallest absolute Gasteiger partial charge is 0.223 e. The molecular formula is C13H21N3O. The number of amides is 1. The van der Waals surface area contributed by atoms with Crippen LogP contribution in [0.1, 0.15) is 43.4 Å². The van der Waals surface area contributed by atoms with Crippen LogP contribution >= 0.6 is 0 Å². The maximum absolute atomic E-state index is 11.7. The molecule has 1 aliphatic carbocycles. The Morgan fingerprint density at radius 1 is 1.53 bits per heavy atom. The van der Waals surface area contributed by atoms with E-state index in [-0.39, 0.29) is 11.8 Å². The zero-order valence-corrected chi connectivity index (χ0v) is 10.5. The molecule has 1 heterocycles. The van der Waals surface area contributed by atoms with Crippen LogP contribution in [0.4, 0.5) is 0 Å². The number of carbonyl (C=O) groups is 1. The second-order valence-electron chi connectivity index (χ2n) is 4.90. The van der Waals surface area contributed by atoms with Gasteiger partial charge in [0.15, 0.2) is 0 Å². The second-order valence-corrected chi connectivity index (χ2v) is 4.90. The molecule has 94 valence electrons. The van der Waals surface area contributed by atoms with Crippen LogP contribution < -0.4 is 5.32 Å². The van der Waals surface area contributed by atoms with Gasteiger partial charge in [0.05, 0.1) is 6.20 Å². The molecule has 0 aliphatic heterocycles. The van der Waals surface area contributed by atoms with Crippen LogP contribution in [-0.2, 0) is 11.2 Å². The van der Waals surface area contributed by atoms with Crippen molar-refractivity contribution in [2.45, 2.75) is 45.4 Å². The first-order valence-electron chi connectivity index (χ1n) is 6.54.